The highest BCUT2D eigenvalue weighted by molar-refractivity contribution is 7.89. The quantitative estimate of drug-likeness (QED) is 0.873. The number of hydrogen-bond acceptors (Lipinski definition) is 4. The number of aromatic nitrogens is 1. The van der Waals surface area contributed by atoms with E-state index in [1.807, 2.05) is 12.1 Å². The Kier molecular flexibility index (Phi) is 3.54. The molecule has 0 aliphatic carbocycles. The lowest BCUT2D eigenvalue weighted by Crippen LogP contribution is -2.25. The van der Waals surface area contributed by atoms with Gasteiger partial charge in [-0.25, -0.2) is 13.4 Å². The van der Waals surface area contributed by atoms with Crippen LogP contribution in [0.3, 0.4) is 0 Å². The SMILES string of the molecule is O=S1(=O)CCCN1Cc1coc(-c2cccc(Cl)c2)n1. The zero-order valence-corrected chi connectivity index (χ0v) is 12.2. The molecule has 0 bridgehead atoms. The van der Waals surface area contributed by atoms with Crippen LogP contribution in [0.1, 0.15) is 12.1 Å². The van der Waals surface area contributed by atoms with E-state index in [4.69, 9.17) is 16.0 Å². The fraction of sp³-hybridized carbons (Fsp3) is 0.308. The van der Waals surface area contributed by atoms with Crippen molar-refractivity contribution in [1.82, 2.24) is 9.29 Å². The molecule has 2 heterocycles. The standard InChI is InChI=1S/C13H13ClN2O3S/c14-11-4-1-3-10(7-11)13-15-12(9-19-13)8-16-5-2-6-20(16,17)18/h1,3-4,7,9H,2,5-6,8H2. The molecule has 20 heavy (non-hydrogen) atoms. The smallest absolute Gasteiger partial charge is 0.226 e. The number of benzene rings is 1. The maximum atomic E-state index is 11.7. The molecule has 5 nitrogen and oxygen atoms in total. The molecule has 0 atom stereocenters. The highest BCUT2D eigenvalue weighted by Gasteiger charge is 2.28. The number of rotatable bonds is 3. The molecular formula is C13H13ClN2O3S. The maximum absolute atomic E-state index is 11.7. The molecule has 1 aromatic heterocycles. The van der Waals surface area contributed by atoms with Crippen LogP contribution in [0.15, 0.2) is 34.9 Å². The van der Waals surface area contributed by atoms with E-state index in [2.05, 4.69) is 4.98 Å². The van der Waals surface area contributed by atoms with E-state index in [0.29, 0.717) is 29.6 Å². The number of halogens is 1. The van der Waals surface area contributed by atoms with Crippen molar-refractivity contribution in [2.45, 2.75) is 13.0 Å². The largest absolute Gasteiger partial charge is 0.444 e. The molecule has 1 aromatic carbocycles. The summed E-state index contributed by atoms with van der Waals surface area (Å²) in [7, 11) is -3.12. The summed E-state index contributed by atoms with van der Waals surface area (Å²) in [6, 6.07) is 7.18. The van der Waals surface area contributed by atoms with Gasteiger partial charge in [0, 0.05) is 17.1 Å². The highest BCUT2D eigenvalue weighted by atomic mass is 35.5. The fourth-order valence-corrected chi connectivity index (χ4v) is 3.86. The first kappa shape index (κ1) is 13.6. The predicted octanol–water partition coefficient (Wildman–Crippen LogP) is 2.53. The topological polar surface area (TPSA) is 63.4 Å². The molecule has 1 saturated heterocycles. The van der Waals surface area contributed by atoms with Crippen LogP contribution in [0.25, 0.3) is 11.5 Å². The third-order valence-electron chi connectivity index (χ3n) is 3.16. The second kappa shape index (κ2) is 5.20. The van der Waals surface area contributed by atoms with Crippen LogP contribution in [0.2, 0.25) is 5.02 Å². The summed E-state index contributed by atoms with van der Waals surface area (Å²) < 4.78 is 30.3. The van der Waals surface area contributed by atoms with E-state index in [0.717, 1.165) is 5.56 Å². The second-order valence-electron chi connectivity index (χ2n) is 4.66. The second-order valence-corrected chi connectivity index (χ2v) is 7.18. The van der Waals surface area contributed by atoms with Crippen molar-refractivity contribution >= 4 is 21.6 Å². The lowest BCUT2D eigenvalue weighted by atomic mass is 10.2. The number of oxazole rings is 1. The van der Waals surface area contributed by atoms with Gasteiger partial charge < -0.3 is 4.42 Å². The van der Waals surface area contributed by atoms with Crippen molar-refractivity contribution in [3.05, 3.63) is 41.2 Å². The monoisotopic (exact) mass is 312 g/mol. The predicted molar refractivity (Wildman–Crippen MR) is 75.8 cm³/mol. The molecule has 0 amide bonds. The molecule has 0 radical (unpaired) electrons. The normalized spacial score (nSPS) is 18.4. The Morgan fingerprint density at radius 1 is 1.40 bits per heavy atom. The molecular weight excluding hydrogens is 300 g/mol. The van der Waals surface area contributed by atoms with Gasteiger partial charge in [0.25, 0.3) is 0 Å². The van der Waals surface area contributed by atoms with E-state index in [1.54, 1.807) is 12.1 Å². The van der Waals surface area contributed by atoms with Crippen LogP contribution < -0.4 is 0 Å². The Balaban J connectivity index is 1.81. The molecule has 2 aromatic rings. The van der Waals surface area contributed by atoms with Crippen molar-refractivity contribution in [3.8, 4) is 11.5 Å². The van der Waals surface area contributed by atoms with E-state index in [1.165, 1.54) is 10.6 Å². The van der Waals surface area contributed by atoms with Crippen LogP contribution in [0, 0.1) is 0 Å². The Bertz CT molecular complexity index is 727. The molecule has 106 valence electrons. The molecule has 1 aliphatic rings. The summed E-state index contributed by atoms with van der Waals surface area (Å²) in [5.41, 5.74) is 1.37. The van der Waals surface area contributed by atoms with Gasteiger partial charge in [0.2, 0.25) is 15.9 Å². The maximum Gasteiger partial charge on any atom is 0.226 e. The van der Waals surface area contributed by atoms with Crippen LogP contribution in [0.4, 0.5) is 0 Å². The number of sulfonamides is 1. The van der Waals surface area contributed by atoms with Gasteiger partial charge >= 0.3 is 0 Å². The van der Waals surface area contributed by atoms with Gasteiger partial charge in [-0.2, -0.15) is 4.31 Å². The minimum Gasteiger partial charge on any atom is -0.444 e. The number of hydrogen-bond donors (Lipinski definition) is 0. The molecule has 0 spiro atoms. The Hall–Kier alpha value is -1.37. The summed E-state index contributed by atoms with van der Waals surface area (Å²) in [5.74, 6) is 0.658. The summed E-state index contributed by atoms with van der Waals surface area (Å²) in [6.07, 6.45) is 2.16. The van der Waals surface area contributed by atoms with Crippen molar-refractivity contribution in [3.63, 3.8) is 0 Å². The molecule has 1 fully saturated rings. The van der Waals surface area contributed by atoms with Gasteiger partial charge in [-0.15, -0.1) is 0 Å². The fourth-order valence-electron chi connectivity index (χ4n) is 2.18. The average molecular weight is 313 g/mol. The Morgan fingerprint density at radius 3 is 2.95 bits per heavy atom. The first-order valence-corrected chi connectivity index (χ1v) is 8.21. The summed E-state index contributed by atoms with van der Waals surface area (Å²) in [5, 5.41) is 0.601. The third-order valence-corrected chi connectivity index (χ3v) is 5.30. The lowest BCUT2D eigenvalue weighted by molar-refractivity contribution is 0.434. The number of nitrogens with zero attached hydrogens (tertiary/aromatic N) is 2. The van der Waals surface area contributed by atoms with Crippen molar-refractivity contribution in [2.75, 3.05) is 12.3 Å². The van der Waals surface area contributed by atoms with Crippen LogP contribution in [-0.2, 0) is 16.6 Å². The first-order chi connectivity index (χ1) is 9.54. The van der Waals surface area contributed by atoms with Gasteiger partial charge in [0.15, 0.2) is 0 Å². The molecule has 7 heteroatoms. The molecule has 0 N–H and O–H groups in total. The van der Waals surface area contributed by atoms with E-state index in [9.17, 15) is 8.42 Å². The molecule has 0 unspecified atom stereocenters. The summed E-state index contributed by atoms with van der Waals surface area (Å²) in [4.78, 5) is 4.32. The zero-order chi connectivity index (χ0) is 14.2. The minimum atomic E-state index is -3.12. The average Bonchev–Trinajstić information content (AvgIpc) is 2.98. The summed E-state index contributed by atoms with van der Waals surface area (Å²) in [6.45, 7) is 0.800. The molecule has 1 aliphatic heterocycles. The van der Waals surface area contributed by atoms with Crippen molar-refractivity contribution < 1.29 is 12.8 Å². The first-order valence-electron chi connectivity index (χ1n) is 6.23. The van der Waals surface area contributed by atoms with Gasteiger partial charge in [-0.05, 0) is 24.6 Å². The van der Waals surface area contributed by atoms with Crippen LogP contribution in [0.5, 0.6) is 0 Å². The summed E-state index contributed by atoms with van der Waals surface area (Å²) >= 11 is 5.92. The zero-order valence-electron chi connectivity index (χ0n) is 10.6. The third kappa shape index (κ3) is 2.72. The molecule has 3 rings (SSSR count). The lowest BCUT2D eigenvalue weighted by Gasteiger charge is -2.11. The van der Waals surface area contributed by atoms with Crippen molar-refractivity contribution in [1.29, 1.82) is 0 Å². The van der Waals surface area contributed by atoms with E-state index >= 15 is 0 Å². The highest BCUT2D eigenvalue weighted by Crippen LogP contribution is 2.23. The van der Waals surface area contributed by atoms with Gasteiger partial charge in [0.1, 0.15) is 6.26 Å². The van der Waals surface area contributed by atoms with E-state index in [-0.39, 0.29) is 12.3 Å². The van der Waals surface area contributed by atoms with Gasteiger partial charge in [-0.1, -0.05) is 17.7 Å². The van der Waals surface area contributed by atoms with Crippen molar-refractivity contribution in [2.24, 2.45) is 0 Å². The van der Waals surface area contributed by atoms with Gasteiger partial charge in [-0.3, -0.25) is 0 Å². The van der Waals surface area contributed by atoms with Crippen LogP contribution >= 0.6 is 11.6 Å². The minimum absolute atomic E-state index is 0.214. The Morgan fingerprint density at radius 2 is 2.25 bits per heavy atom. The van der Waals surface area contributed by atoms with Gasteiger partial charge in [0.05, 0.1) is 18.0 Å². The Labute approximate surface area is 122 Å². The van der Waals surface area contributed by atoms with E-state index < -0.39 is 10.0 Å². The molecule has 0 saturated carbocycles. The van der Waals surface area contributed by atoms with Crippen LogP contribution in [-0.4, -0.2) is 30.0 Å².